The Bertz CT molecular complexity index is 918. The number of hydrogen-bond acceptors (Lipinski definition) is 5. The molecule has 6 nitrogen and oxygen atoms in total. The lowest BCUT2D eigenvalue weighted by molar-refractivity contribution is -0.138. The zero-order valence-corrected chi connectivity index (χ0v) is 16.9. The molecule has 30 heavy (non-hydrogen) atoms. The van der Waals surface area contributed by atoms with Gasteiger partial charge < -0.3 is 14.7 Å². The summed E-state index contributed by atoms with van der Waals surface area (Å²) in [5.41, 5.74) is 1.35. The van der Waals surface area contributed by atoms with Crippen molar-refractivity contribution in [1.29, 1.82) is 0 Å². The minimum absolute atomic E-state index is 0.0437. The van der Waals surface area contributed by atoms with E-state index in [2.05, 4.69) is 9.97 Å². The number of aryl methyl sites for hydroxylation is 1. The summed E-state index contributed by atoms with van der Waals surface area (Å²) >= 11 is 0. The van der Waals surface area contributed by atoms with E-state index < -0.39 is 17.6 Å². The molecule has 1 N–H and O–H groups in total. The molecule has 2 aromatic rings. The van der Waals surface area contributed by atoms with E-state index in [-0.39, 0.29) is 30.1 Å². The number of ether oxygens (including phenoxy) is 1. The first-order valence-corrected chi connectivity index (χ1v) is 10.4. The summed E-state index contributed by atoms with van der Waals surface area (Å²) in [4.78, 5) is 21.2. The van der Waals surface area contributed by atoms with Crippen molar-refractivity contribution >= 4 is 11.7 Å². The summed E-state index contributed by atoms with van der Waals surface area (Å²) in [6.45, 7) is 2.65. The van der Waals surface area contributed by atoms with Gasteiger partial charge in [-0.3, -0.25) is 4.79 Å². The van der Waals surface area contributed by atoms with Gasteiger partial charge >= 0.3 is 12.0 Å². The molecule has 4 rings (SSSR count). The maximum atomic E-state index is 14.9. The summed E-state index contributed by atoms with van der Waals surface area (Å²) in [5.74, 6) is -2.10. The van der Waals surface area contributed by atoms with Crippen molar-refractivity contribution in [2.24, 2.45) is 5.92 Å². The molecule has 0 unspecified atom stereocenters. The van der Waals surface area contributed by atoms with Crippen LogP contribution in [0.15, 0.2) is 18.2 Å². The lowest BCUT2D eigenvalue weighted by atomic mass is 9.93. The van der Waals surface area contributed by atoms with Gasteiger partial charge in [0.25, 0.3) is 0 Å². The molecule has 2 heterocycles. The number of rotatable bonds is 6. The van der Waals surface area contributed by atoms with Crippen LogP contribution in [0.1, 0.15) is 44.2 Å². The molecule has 0 radical (unpaired) electrons. The predicted octanol–water partition coefficient (Wildman–Crippen LogP) is 4.35. The van der Waals surface area contributed by atoms with Crippen LogP contribution in [0, 0.1) is 24.5 Å². The molecular weight excluding hydrogens is 392 g/mol. The van der Waals surface area contributed by atoms with E-state index in [0.29, 0.717) is 42.9 Å². The van der Waals surface area contributed by atoms with Crippen molar-refractivity contribution in [1.82, 2.24) is 9.97 Å². The highest BCUT2D eigenvalue weighted by Gasteiger charge is 2.26. The van der Waals surface area contributed by atoms with Gasteiger partial charge in [-0.15, -0.1) is 0 Å². The Morgan fingerprint density at radius 2 is 1.80 bits per heavy atom. The molecule has 0 atom stereocenters. The standard InChI is InChI=1S/C22H25F2N3O3/c1-13-9-19(26-22(25-13)30-16-3-2-4-16)15-11-17(23)21(18(24)12-15)27-7-5-14(6-8-27)10-20(28)29/h9,11-12,14,16H,2-8,10H2,1H3,(H,28,29). The van der Waals surface area contributed by atoms with E-state index in [1.807, 2.05) is 0 Å². The van der Waals surface area contributed by atoms with E-state index >= 15 is 0 Å². The van der Waals surface area contributed by atoms with E-state index in [9.17, 15) is 13.6 Å². The lowest BCUT2D eigenvalue weighted by Gasteiger charge is -2.33. The highest BCUT2D eigenvalue weighted by molar-refractivity contribution is 5.67. The molecule has 0 bridgehead atoms. The fourth-order valence-corrected chi connectivity index (χ4v) is 4.00. The van der Waals surface area contributed by atoms with Crippen LogP contribution in [0.25, 0.3) is 11.3 Å². The zero-order valence-electron chi connectivity index (χ0n) is 16.9. The van der Waals surface area contributed by atoms with Crippen LogP contribution >= 0.6 is 0 Å². The molecule has 2 aliphatic rings. The molecule has 2 fully saturated rings. The first-order chi connectivity index (χ1) is 14.4. The second kappa shape index (κ2) is 8.53. The van der Waals surface area contributed by atoms with Gasteiger partial charge in [0.2, 0.25) is 0 Å². The van der Waals surface area contributed by atoms with Crippen LogP contribution in [0.4, 0.5) is 14.5 Å². The molecule has 160 valence electrons. The van der Waals surface area contributed by atoms with E-state index in [1.165, 1.54) is 12.1 Å². The quantitative estimate of drug-likeness (QED) is 0.753. The van der Waals surface area contributed by atoms with Gasteiger partial charge in [0.15, 0.2) is 0 Å². The second-order valence-corrected chi connectivity index (χ2v) is 8.16. The van der Waals surface area contributed by atoms with Gasteiger partial charge in [0.05, 0.1) is 5.69 Å². The van der Waals surface area contributed by atoms with Crippen LogP contribution < -0.4 is 9.64 Å². The van der Waals surface area contributed by atoms with Crippen LogP contribution in [0.3, 0.4) is 0 Å². The first-order valence-electron chi connectivity index (χ1n) is 10.4. The molecule has 1 aliphatic carbocycles. The highest BCUT2D eigenvalue weighted by Crippen LogP contribution is 2.33. The Morgan fingerprint density at radius 1 is 1.13 bits per heavy atom. The number of carboxylic acid groups (broad SMARTS) is 1. The monoisotopic (exact) mass is 417 g/mol. The molecule has 8 heteroatoms. The third kappa shape index (κ3) is 4.52. The molecule has 1 aliphatic heterocycles. The number of benzene rings is 1. The average molecular weight is 417 g/mol. The van der Waals surface area contributed by atoms with Crippen molar-refractivity contribution < 1.29 is 23.4 Å². The summed E-state index contributed by atoms with van der Waals surface area (Å²) in [5, 5.41) is 8.93. The lowest BCUT2D eigenvalue weighted by Crippen LogP contribution is -2.35. The Morgan fingerprint density at radius 3 is 2.37 bits per heavy atom. The topological polar surface area (TPSA) is 75.6 Å². The number of anilines is 1. The van der Waals surface area contributed by atoms with Crippen molar-refractivity contribution in [3.05, 3.63) is 35.5 Å². The summed E-state index contributed by atoms with van der Waals surface area (Å²) in [6.07, 6.45) is 4.45. The van der Waals surface area contributed by atoms with Crippen molar-refractivity contribution in [2.45, 2.75) is 51.6 Å². The van der Waals surface area contributed by atoms with E-state index in [1.54, 1.807) is 17.9 Å². The van der Waals surface area contributed by atoms with Crippen LogP contribution in [-0.2, 0) is 4.79 Å². The minimum atomic E-state index is -0.837. The van der Waals surface area contributed by atoms with Crippen LogP contribution in [0.5, 0.6) is 6.01 Å². The van der Waals surface area contributed by atoms with Crippen LogP contribution in [0.2, 0.25) is 0 Å². The number of carbonyl (C=O) groups is 1. The summed E-state index contributed by atoms with van der Waals surface area (Å²) in [6, 6.07) is 4.49. The fraction of sp³-hybridized carbons (Fsp3) is 0.500. The summed E-state index contributed by atoms with van der Waals surface area (Å²) in [7, 11) is 0. The van der Waals surface area contributed by atoms with Gasteiger partial charge in [0, 0.05) is 30.8 Å². The van der Waals surface area contributed by atoms with Crippen molar-refractivity contribution in [3.8, 4) is 17.3 Å². The van der Waals surface area contributed by atoms with Crippen molar-refractivity contribution in [3.63, 3.8) is 0 Å². The molecule has 1 saturated carbocycles. The Hall–Kier alpha value is -2.77. The number of nitrogens with zero attached hydrogens (tertiary/aromatic N) is 3. The zero-order chi connectivity index (χ0) is 21.3. The number of hydrogen-bond donors (Lipinski definition) is 1. The molecule has 1 saturated heterocycles. The number of halogens is 2. The van der Waals surface area contributed by atoms with E-state index in [0.717, 1.165) is 19.3 Å². The Kier molecular flexibility index (Phi) is 5.83. The maximum Gasteiger partial charge on any atom is 0.317 e. The third-order valence-corrected chi connectivity index (χ3v) is 5.86. The maximum absolute atomic E-state index is 14.9. The highest BCUT2D eigenvalue weighted by atomic mass is 19.1. The Balaban J connectivity index is 1.54. The number of piperidine rings is 1. The molecule has 1 aromatic carbocycles. The van der Waals surface area contributed by atoms with E-state index in [4.69, 9.17) is 9.84 Å². The number of aliphatic carboxylic acids is 1. The smallest absolute Gasteiger partial charge is 0.317 e. The van der Waals surface area contributed by atoms with Gasteiger partial charge in [-0.1, -0.05) is 0 Å². The van der Waals surface area contributed by atoms with Gasteiger partial charge in [-0.2, -0.15) is 4.98 Å². The predicted molar refractivity (Wildman–Crippen MR) is 108 cm³/mol. The molecular formula is C22H25F2N3O3. The number of aromatic nitrogens is 2. The molecule has 0 amide bonds. The van der Waals surface area contributed by atoms with Crippen LogP contribution in [-0.4, -0.2) is 40.2 Å². The van der Waals surface area contributed by atoms with Gasteiger partial charge in [-0.05, 0) is 63.1 Å². The third-order valence-electron chi connectivity index (χ3n) is 5.86. The van der Waals surface area contributed by atoms with Crippen molar-refractivity contribution in [2.75, 3.05) is 18.0 Å². The van der Waals surface area contributed by atoms with Gasteiger partial charge in [-0.25, -0.2) is 13.8 Å². The molecule has 1 aromatic heterocycles. The minimum Gasteiger partial charge on any atom is -0.481 e. The largest absolute Gasteiger partial charge is 0.481 e. The number of carboxylic acids is 1. The van der Waals surface area contributed by atoms with Gasteiger partial charge in [0.1, 0.15) is 23.4 Å². The fourth-order valence-electron chi connectivity index (χ4n) is 4.00. The average Bonchev–Trinajstić information content (AvgIpc) is 2.64. The first kappa shape index (κ1) is 20.5. The second-order valence-electron chi connectivity index (χ2n) is 8.16. The Labute approximate surface area is 173 Å². The molecule has 0 spiro atoms. The SMILES string of the molecule is Cc1cc(-c2cc(F)c(N3CCC(CC(=O)O)CC3)c(F)c2)nc(OC2CCC2)n1. The summed E-state index contributed by atoms with van der Waals surface area (Å²) < 4.78 is 35.6. The normalized spacial score (nSPS) is 17.6.